The summed E-state index contributed by atoms with van der Waals surface area (Å²) in [6.45, 7) is 9.46. The minimum Gasteiger partial charge on any atom is -0.389 e. The van der Waals surface area contributed by atoms with Gasteiger partial charge in [-0.2, -0.15) is 0 Å². The molecule has 0 aromatic carbocycles. The molecule has 2 nitrogen and oxygen atoms in total. The van der Waals surface area contributed by atoms with Crippen LogP contribution < -0.4 is 10.6 Å². The maximum absolute atomic E-state index is 4.06. The molecular formula is C11H22N2. The Morgan fingerprint density at radius 3 is 2.69 bits per heavy atom. The van der Waals surface area contributed by atoms with Crippen molar-refractivity contribution < 1.29 is 0 Å². The Balaban J connectivity index is 1.89. The topological polar surface area (TPSA) is 24.1 Å². The summed E-state index contributed by atoms with van der Waals surface area (Å²) in [5, 5.41) is 6.72. The third kappa shape index (κ3) is 3.81. The molecule has 1 rings (SSSR count). The van der Waals surface area contributed by atoms with Crippen molar-refractivity contribution in [2.75, 3.05) is 19.6 Å². The van der Waals surface area contributed by atoms with Crippen molar-refractivity contribution in [2.24, 2.45) is 5.92 Å². The molecule has 1 fully saturated rings. The number of hydrogen-bond acceptors (Lipinski definition) is 2. The molecule has 0 radical (unpaired) electrons. The van der Waals surface area contributed by atoms with Gasteiger partial charge < -0.3 is 10.6 Å². The molecule has 2 N–H and O–H groups in total. The Morgan fingerprint density at radius 1 is 1.38 bits per heavy atom. The van der Waals surface area contributed by atoms with Crippen molar-refractivity contribution in [2.45, 2.75) is 32.6 Å². The molecule has 0 spiro atoms. The Hall–Kier alpha value is -0.500. The lowest BCUT2D eigenvalue weighted by molar-refractivity contribution is 0.350. The van der Waals surface area contributed by atoms with Crippen LogP contribution in [0.15, 0.2) is 12.3 Å². The van der Waals surface area contributed by atoms with Crippen LogP contribution in [0.5, 0.6) is 0 Å². The van der Waals surface area contributed by atoms with Gasteiger partial charge in [-0.1, -0.05) is 19.9 Å². The van der Waals surface area contributed by atoms with Gasteiger partial charge in [0.25, 0.3) is 0 Å². The lowest BCUT2D eigenvalue weighted by atomic mass is 9.83. The van der Waals surface area contributed by atoms with Crippen LogP contribution in [0.2, 0.25) is 0 Å². The van der Waals surface area contributed by atoms with Crippen LogP contribution in [0.3, 0.4) is 0 Å². The Bertz CT molecular complexity index is 150. The van der Waals surface area contributed by atoms with Crippen LogP contribution in [0.25, 0.3) is 0 Å². The molecular weight excluding hydrogens is 160 g/mol. The molecule has 0 saturated heterocycles. The second kappa shape index (κ2) is 6.03. The predicted octanol–water partition coefficient (Wildman–Crippen LogP) is 1.89. The van der Waals surface area contributed by atoms with Gasteiger partial charge in [0.2, 0.25) is 0 Å². The molecule has 0 unspecified atom stereocenters. The summed E-state index contributed by atoms with van der Waals surface area (Å²) in [7, 11) is 0. The Morgan fingerprint density at radius 2 is 2.15 bits per heavy atom. The van der Waals surface area contributed by atoms with Gasteiger partial charge in [0.1, 0.15) is 0 Å². The van der Waals surface area contributed by atoms with Gasteiger partial charge in [0.05, 0.1) is 0 Å². The maximum atomic E-state index is 4.06. The molecule has 0 atom stereocenters. The van der Waals surface area contributed by atoms with E-state index in [0.29, 0.717) is 0 Å². The van der Waals surface area contributed by atoms with E-state index in [1.54, 1.807) is 0 Å². The van der Waals surface area contributed by atoms with E-state index in [1.807, 2.05) is 0 Å². The van der Waals surface area contributed by atoms with Crippen LogP contribution in [0, 0.1) is 5.92 Å². The van der Waals surface area contributed by atoms with Gasteiger partial charge in [-0.25, -0.2) is 0 Å². The second-order valence-electron chi connectivity index (χ2n) is 3.79. The van der Waals surface area contributed by atoms with Crippen molar-refractivity contribution >= 4 is 0 Å². The molecule has 13 heavy (non-hydrogen) atoms. The average Bonchev–Trinajstić information content (AvgIpc) is 2.01. The van der Waals surface area contributed by atoms with Crippen molar-refractivity contribution in [1.29, 1.82) is 0 Å². The number of nitrogens with one attached hydrogen (secondary N) is 2. The molecule has 0 aromatic rings. The van der Waals surface area contributed by atoms with E-state index in [9.17, 15) is 0 Å². The van der Waals surface area contributed by atoms with E-state index in [-0.39, 0.29) is 0 Å². The molecule has 0 aliphatic heterocycles. The molecule has 76 valence electrons. The van der Waals surface area contributed by atoms with Gasteiger partial charge in [-0.15, -0.1) is 0 Å². The van der Waals surface area contributed by atoms with Gasteiger partial charge in [0.15, 0.2) is 0 Å². The van der Waals surface area contributed by atoms with Gasteiger partial charge in [0, 0.05) is 12.2 Å². The van der Waals surface area contributed by atoms with Crippen LogP contribution >= 0.6 is 0 Å². The monoisotopic (exact) mass is 182 g/mol. The fourth-order valence-electron chi connectivity index (χ4n) is 1.54. The molecule has 2 heteroatoms. The van der Waals surface area contributed by atoms with E-state index in [0.717, 1.165) is 25.6 Å². The van der Waals surface area contributed by atoms with Crippen LogP contribution in [0.4, 0.5) is 0 Å². The molecule has 1 saturated carbocycles. The molecule has 0 heterocycles. The number of hydrogen-bond donors (Lipinski definition) is 2. The number of rotatable bonds is 7. The molecule has 1 aliphatic carbocycles. The summed E-state index contributed by atoms with van der Waals surface area (Å²) in [4.78, 5) is 0. The average molecular weight is 182 g/mol. The smallest absolute Gasteiger partial charge is 0.0155 e. The third-order valence-corrected chi connectivity index (χ3v) is 2.73. The highest BCUT2D eigenvalue weighted by Crippen LogP contribution is 2.30. The maximum Gasteiger partial charge on any atom is 0.0155 e. The summed E-state index contributed by atoms with van der Waals surface area (Å²) in [6, 6.07) is 0. The SMILES string of the molecule is C=C(NCCCNCC)C1CCC1. The molecule has 0 bridgehead atoms. The highest BCUT2D eigenvalue weighted by atomic mass is 14.9. The first-order valence-electron chi connectivity index (χ1n) is 5.48. The number of allylic oxidation sites excluding steroid dienone is 1. The fourth-order valence-corrected chi connectivity index (χ4v) is 1.54. The van der Waals surface area contributed by atoms with Crippen LogP contribution in [0.1, 0.15) is 32.6 Å². The van der Waals surface area contributed by atoms with Crippen LogP contribution in [-0.4, -0.2) is 19.6 Å². The first-order chi connectivity index (χ1) is 6.34. The first-order valence-corrected chi connectivity index (χ1v) is 5.48. The fraction of sp³-hybridized carbons (Fsp3) is 0.818. The zero-order chi connectivity index (χ0) is 9.52. The predicted molar refractivity (Wildman–Crippen MR) is 57.6 cm³/mol. The highest BCUT2D eigenvalue weighted by molar-refractivity contribution is 5.01. The van der Waals surface area contributed by atoms with Crippen molar-refractivity contribution in [3.8, 4) is 0 Å². The molecule has 0 amide bonds. The zero-order valence-corrected chi connectivity index (χ0v) is 8.73. The minimum atomic E-state index is 0.777. The lowest BCUT2D eigenvalue weighted by Crippen LogP contribution is -2.27. The summed E-state index contributed by atoms with van der Waals surface area (Å²) in [5.74, 6) is 0.777. The van der Waals surface area contributed by atoms with Gasteiger partial charge >= 0.3 is 0 Å². The first kappa shape index (κ1) is 10.6. The third-order valence-electron chi connectivity index (χ3n) is 2.73. The zero-order valence-electron chi connectivity index (χ0n) is 8.73. The van der Waals surface area contributed by atoms with Gasteiger partial charge in [-0.3, -0.25) is 0 Å². The van der Waals surface area contributed by atoms with E-state index in [4.69, 9.17) is 0 Å². The van der Waals surface area contributed by atoms with E-state index in [2.05, 4.69) is 24.1 Å². The lowest BCUT2D eigenvalue weighted by Gasteiger charge is -2.28. The van der Waals surface area contributed by atoms with E-state index < -0.39 is 0 Å². The van der Waals surface area contributed by atoms with Crippen LogP contribution in [-0.2, 0) is 0 Å². The molecule has 1 aliphatic rings. The summed E-state index contributed by atoms with van der Waals surface area (Å²) >= 11 is 0. The summed E-state index contributed by atoms with van der Waals surface area (Å²) in [5.41, 5.74) is 1.27. The van der Waals surface area contributed by atoms with Crippen molar-refractivity contribution in [3.63, 3.8) is 0 Å². The highest BCUT2D eigenvalue weighted by Gasteiger charge is 2.19. The van der Waals surface area contributed by atoms with Gasteiger partial charge in [-0.05, 0) is 38.3 Å². The van der Waals surface area contributed by atoms with E-state index in [1.165, 1.54) is 31.4 Å². The molecule has 0 aromatic heterocycles. The second-order valence-corrected chi connectivity index (χ2v) is 3.79. The van der Waals surface area contributed by atoms with E-state index >= 15 is 0 Å². The quantitative estimate of drug-likeness (QED) is 0.588. The summed E-state index contributed by atoms with van der Waals surface area (Å²) < 4.78 is 0. The Kier molecular flexibility index (Phi) is 4.91. The summed E-state index contributed by atoms with van der Waals surface area (Å²) in [6.07, 6.45) is 5.28. The Labute approximate surface area is 81.8 Å². The minimum absolute atomic E-state index is 0.777. The van der Waals surface area contributed by atoms with Crippen molar-refractivity contribution in [3.05, 3.63) is 12.3 Å². The normalized spacial score (nSPS) is 16.7. The largest absolute Gasteiger partial charge is 0.389 e. The standard InChI is InChI=1S/C11H22N2/c1-3-12-8-5-9-13-10(2)11-6-4-7-11/h11-13H,2-9H2,1H3. The van der Waals surface area contributed by atoms with Crippen molar-refractivity contribution in [1.82, 2.24) is 10.6 Å².